The van der Waals surface area contributed by atoms with Crippen molar-refractivity contribution in [3.63, 3.8) is 0 Å². The number of rotatable bonds is 6. The molecule has 0 amide bonds. The van der Waals surface area contributed by atoms with Gasteiger partial charge in [0.05, 0.1) is 47.9 Å². The number of nitrogens with zero attached hydrogens (tertiary/aromatic N) is 7. The normalized spacial score (nSPS) is 20.5. The lowest BCUT2D eigenvalue weighted by Gasteiger charge is -2.32. The molecule has 2 fully saturated rings. The van der Waals surface area contributed by atoms with Crippen LogP contribution >= 0.6 is 0 Å². The van der Waals surface area contributed by atoms with E-state index in [1.54, 1.807) is 24.5 Å². The van der Waals surface area contributed by atoms with E-state index >= 15 is 0 Å². The fourth-order valence-electron chi connectivity index (χ4n) is 4.36. The van der Waals surface area contributed by atoms with E-state index in [1.165, 1.54) is 0 Å². The molecular formula is C25H27FN8O. The average Bonchev–Trinajstić information content (AvgIpc) is 3.32. The zero-order valence-electron chi connectivity index (χ0n) is 19.6. The molecule has 1 N–H and O–H groups in total. The van der Waals surface area contributed by atoms with E-state index in [9.17, 15) is 9.65 Å². The Labute approximate surface area is 203 Å². The minimum Gasteiger partial charge on any atom is -0.379 e. The van der Waals surface area contributed by atoms with Crippen LogP contribution in [0.15, 0.2) is 42.7 Å². The van der Waals surface area contributed by atoms with Crippen LogP contribution < -0.4 is 10.2 Å². The predicted octanol–water partition coefficient (Wildman–Crippen LogP) is 3.32. The molecular weight excluding hydrogens is 447 g/mol. The van der Waals surface area contributed by atoms with E-state index in [4.69, 9.17) is 4.74 Å². The molecule has 5 rings (SSSR count). The average molecular weight is 475 g/mol. The molecule has 5 heterocycles. The Kier molecular flexibility index (Phi) is 6.79. The summed E-state index contributed by atoms with van der Waals surface area (Å²) in [5.74, 6) is 0.406. The van der Waals surface area contributed by atoms with Crippen LogP contribution in [-0.4, -0.2) is 69.9 Å². The predicted molar refractivity (Wildman–Crippen MR) is 130 cm³/mol. The van der Waals surface area contributed by atoms with E-state index in [0.29, 0.717) is 42.0 Å². The maximum Gasteiger partial charge on any atom is 0.227 e. The maximum atomic E-state index is 13.6. The second-order valence-electron chi connectivity index (χ2n) is 8.83. The van der Waals surface area contributed by atoms with Crippen molar-refractivity contribution in [3.8, 4) is 17.5 Å². The summed E-state index contributed by atoms with van der Waals surface area (Å²) in [6.45, 7) is 6.21. The van der Waals surface area contributed by atoms with Crippen molar-refractivity contribution in [2.45, 2.75) is 32.1 Å². The molecule has 3 aromatic heterocycles. The molecule has 0 aromatic carbocycles. The third-order valence-electron chi connectivity index (χ3n) is 6.32. The highest BCUT2D eigenvalue weighted by Crippen LogP contribution is 2.27. The Morgan fingerprint density at radius 3 is 2.77 bits per heavy atom. The third-order valence-corrected chi connectivity index (χ3v) is 6.32. The van der Waals surface area contributed by atoms with Gasteiger partial charge in [0, 0.05) is 38.4 Å². The highest BCUT2D eigenvalue weighted by Gasteiger charge is 2.25. The van der Waals surface area contributed by atoms with Gasteiger partial charge in [-0.2, -0.15) is 5.26 Å². The van der Waals surface area contributed by atoms with E-state index < -0.39 is 6.17 Å². The summed E-state index contributed by atoms with van der Waals surface area (Å²) in [4.78, 5) is 22.2. The molecule has 0 unspecified atom stereocenters. The second kappa shape index (κ2) is 10.3. The van der Waals surface area contributed by atoms with Crippen LogP contribution in [-0.2, 0) is 11.3 Å². The molecule has 2 aliphatic rings. The van der Waals surface area contributed by atoms with Crippen molar-refractivity contribution in [1.29, 1.82) is 5.26 Å². The Bertz CT molecular complexity index is 1210. The van der Waals surface area contributed by atoms with E-state index in [2.05, 4.69) is 43.1 Å². The van der Waals surface area contributed by atoms with Crippen molar-refractivity contribution in [1.82, 2.24) is 24.8 Å². The molecule has 0 bridgehead atoms. The monoisotopic (exact) mass is 474 g/mol. The van der Waals surface area contributed by atoms with E-state index in [0.717, 1.165) is 37.7 Å². The quantitative estimate of drug-likeness (QED) is 0.576. The lowest BCUT2D eigenvalue weighted by molar-refractivity contribution is -0.00490. The van der Waals surface area contributed by atoms with Crippen molar-refractivity contribution in [2.75, 3.05) is 43.1 Å². The minimum atomic E-state index is -0.872. The molecule has 2 saturated heterocycles. The molecule has 10 heteroatoms. The molecule has 0 radical (unpaired) electrons. The fourth-order valence-corrected chi connectivity index (χ4v) is 4.36. The van der Waals surface area contributed by atoms with Gasteiger partial charge in [-0.3, -0.25) is 9.88 Å². The molecule has 0 saturated carbocycles. The number of morpholine rings is 1. The van der Waals surface area contributed by atoms with Crippen LogP contribution in [0.1, 0.15) is 24.7 Å². The summed E-state index contributed by atoms with van der Waals surface area (Å²) in [6.07, 6.45) is 3.01. The summed E-state index contributed by atoms with van der Waals surface area (Å²) >= 11 is 0. The number of nitrogens with one attached hydrogen (secondary N) is 1. The van der Waals surface area contributed by atoms with Crippen LogP contribution in [0.2, 0.25) is 0 Å². The molecule has 180 valence electrons. The highest BCUT2D eigenvalue weighted by molar-refractivity contribution is 5.65. The van der Waals surface area contributed by atoms with Gasteiger partial charge in [0.15, 0.2) is 5.69 Å². The smallest absolute Gasteiger partial charge is 0.227 e. The van der Waals surface area contributed by atoms with Crippen molar-refractivity contribution in [3.05, 3.63) is 54.1 Å². The molecule has 2 aliphatic heterocycles. The zero-order valence-corrected chi connectivity index (χ0v) is 19.6. The highest BCUT2D eigenvalue weighted by atomic mass is 19.1. The van der Waals surface area contributed by atoms with Crippen LogP contribution in [0, 0.1) is 11.3 Å². The number of aromatic nitrogens is 4. The summed E-state index contributed by atoms with van der Waals surface area (Å²) in [6, 6.07) is 11.8. The zero-order chi connectivity index (χ0) is 24.2. The van der Waals surface area contributed by atoms with E-state index in [1.807, 2.05) is 23.1 Å². The molecule has 0 spiro atoms. The van der Waals surface area contributed by atoms with Gasteiger partial charge in [0.25, 0.3) is 0 Å². The Hall–Kier alpha value is -3.68. The first-order chi connectivity index (χ1) is 17.1. The van der Waals surface area contributed by atoms with Gasteiger partial charge in [0.2, 0.25) is 5.95 Å². The fraction of sp³-hybridized carbons (Fsp3) is 0.400. The molecule has 0 aliphatic carbocycles. The van der Waals surface area contributed by atoms with Gasteiger partial charge in [-0.25, -0.2) is 19.3 Å². The number of anilines is 3. The number of pyridine rings is 2. The first kappa shape index (κ1) is 23.1. The van der Waals surface area contributed by atoms with Gasteiger partial charge >= 0.3 is 0 Å². The first-order valence-electron chi connectivity index (χ1n) is 11.8. The van der Waals surface area contributed by atoms with Crippen LogP contribution in [0.4, 0.5) is 21.7 Å². The largest absolute Gasteiger partial charge is 0.379 e. The summed E-state index contributed by atoms with van der Waals surface area (Å²) in [5, 5.41) is 12.8. The summed E-state index contributed by atoms with van der Waals surface area (Å²) < 4.78 is 19.1. The van der Waals surface area contributed by atoms with Crippen molar-refractivity contribution in [2.24, 2.45) is 0 Å². The van der Waals surface area contributed by atoms with Gasteiger partial charge in [-0.05, 0) is 43.7 Å². The Morgan fingerprint density at radius 1 is 1.14 bits per heavy atom. The van der Waals surface area contributed by atoms with Gasteiger partial charge in [-0.15, -0.1) is 0 Å². The number of ether oxygens (including phenoxy) is 1. The SMILES string of the molecule is C[C@H]1COCCN1Cc1ccc(Nc2nccc(-c3ccc(N4CC[C@H](F)C4)c(C#N)n3)n2)cn1. The lowest BCUT2D eigenvalue weighted by atomic mass is 10.2. The Morgan fingerprint density at radius 2 is 2.03 bits per heavy atom. The molecule has 2 atom stereocenters. The maximum absolute atomic E-state index is 13.6. The number of alkyl halides is 1. The van der Waals surface area contributed by atoms with Crippen molar-refractivity contribution < 1.29 is 9.13 Å². The molecule has 3 aromatic rings. The molecule has 9 nitrogen and oxygen atoms in total. The summed E-state index contributed by atoms with van der Waals surface area (Å²) in [7, 11) is 0. The number of hydrogen-bond acceptors (Lipinski definition) is 9. The lowest BCUT2D eigenvalue weighted by Crippen LogP contribution is -2.43. The van der Waals surface area contributed by atoms with Gasteiger partial charge in [-0.1, -0.05) is 0 Å². The van der Waals surface area contributed by atoms with Crippen molar-refractivity contribution >= 4 is 17.3 Å². The summed E-state index contributed by atoms with van der Waals surface area (Å²) in [5.41, 5.74) is 3.82. The van der Waals surface area contributed by atoms with Crippen LogP contribution in [0.3, 0.4) is 0 Å². The first-order valence-corrected chi connectivity index (χ1v) is 11.8. The van der Waals surface area contributed by atoms with Crippen LogP contribution in [0.5, 0.6) is 0 Å². The van der Waals surface area contributed by atoms with E-state index in [-0.39, 0.29) is 12.2 Å². The Balaban J connectivity index is 1.28. The van der Waals surface area contributed by atoms with Gasteiger partial charge in [0.1, 0.15) is 12.2 Å². The number of halogens is 1. The number of hydrogen-bond donors (Lipinski definition) is 1. The minimum absolute atomic E-state index is 0.263. The topological polar surface area (TPSA) is 103 Å². The molecule has 35 heavy (non-hydrogen) atoms. The number of nitriles is 1. The van der Waals surface area contributed by atoms with Gasteiger partial charge < -0.3 is 15.0 Å². The third kappa shape index (κ3) is 5.37. The standard InChI is InChI=1S/C25H27FN8O/c1-17-16-35-11-10-33(17)15-20-3-2-19(13-29-20)30-25-28-8-6-22(32-25)21-4-5-24(23(12-27)31-21)34-9-7-18(26)14-34/h2-6,8,13,17-18H,7,9-11,14-16H2,1H3,(H,28,30,32)/t17-,18-/m0/s1. The van der Waals surface area contributed by atoms with Crippen LogP contribution in [0.25, 0.3) is 11.4 Å². The second-order valence-corrected chi connectivity index (χ2v) is 8.83.